The second-order valence-corrected chi connectivity index (χ2v) is 10.2. The lowest BCUT2D eigenvalue weighted by Crippen LogP contribution is -2.42. The molecule has 1 N–H and O–H groups in total. The summed E-state index contributed by atoms with van der Waals surface area (Å²) in [5.74, 6) is 1.06. The fraction of sp³-hybridized carbons (Fsp3) is 0.727. The molecule has 1 atom stereocenters. The number of hydrogen-bond donors (Lipinski definition) is 1. The van der Waals surface area contributed by atoms with E-state index >= 15 is 0 Å². The fourth-order valence-corrected chi connectivity index (χ4v) is 5.19. The smallest absolute Gasteiger partial charge is 0.410 e. The van der Waals surface area contributed by atoms with Gasteiger partial charge in [-0.25, -0.2) is 4.79 Å². The Kier molecular flexibility index (Phi) is 7.02. The molecule has 0 radical (unpaired) electrons. The summed E-state index contributed by atoms with van der Waals surface area (Å²) < 4.78 is 5.45. The lowest BCUT2D eigenvalue weighted by atomic mass is 9.92. The highest BCUT2D eigenvalue weighted by Crippen LogP contribution is 2.37. The van der Waals surface area contributed by atoms with Crippen molar-refractivity contribution >= 4 is 23.3 Å². The van der Waals surface area contributed by atoms with Crippen molar-refractivity contribution < 1.29 is 14.3 Å². The van der Waals surface area contributed by atoms with Crippen molar-refractivity contribution in [2.24, 2.45) is 11.8 Å². The molecule has 28 heavy (non-hydrogen) atoms. The lowest BCUT2D eigenvalue weighted by molar-refractivity contribution is -0.123. The van der Waals surface area contributed by atoms with Gasteiger partial charge < -0.3 is 15.0 Å². The Balaban J connectivity index is 1.48. The molecule has 2 amide bonds. The molecule has 2 fully saturated rings. The summed E-state index contributed by atoms with van der Waals surface area (Å²) in [6.07, 6.45) is 6.98. The zero-order valence-corrected chi connectivity index (χ0v) is 18.2. The monoisotopic (exact) mass is 406 g/mol. The van der Waals surface area contributed by atoms with Gasteiger partial charge in [-0.1, -0.05) is 18.9 Å². The van der Waals surface area contributed by atoms with Crippen molar-refractivity contribution in [1.29, 1.82) is 0 Å². The number of amides is 2. The second-order valence-electron chi connectivity index (χ2n) is 9.22. The van der Waals surface area contributed by atoms with Crippen LogP contribution in [0.3, 0.4) is 0 Å². The van der Waals surface area contributed by atoms with Crippen molar-refractivity contribution in [1.82, 2.24) is 10.2 Å². The summed E-state index contributed by atoms with van der Waals surface area (Å²) >= 11 is 1.74. The first-order valence-electron chi connectivity index (χ1n) is 10.6. The molecule has 1 saturated heterocycles. The zero-order chi connectivity index (χ0) is 20.1. The van der Waals surface area contributed by atoms with Crippen molar-refractivity contribution in [3.63, 3.8) is 0 Å². The van der Waals surface area contributed by atoms with Gasteiger partial charge in [0, 0.05) is 24.4 Å². The van der Waals surface area contributed by atoms with Crippen LogP contribution >= 0.6 is 11.3 Å². The third-order valence-electron chi connectivity index (χ3n) is 5.78. The minimum absolute atomic E-state index is 0.154. The normalized spacial score (nSPS) is 20.2. The van der Waals surface area contributed by atoms with Gasteiger partial charge in [-0.2, -0.15) is 0 Å². The van der Waals surface area contributed by atoms with E-state index in [2.05, 4.69) is 22.8 Å². The molecule has 2 aliphatic rings. The molecule has 6 heteroatoms. The predicted molar refractivity (Wildman–Crippen MR) is 112 cm³/mol. The minimum atomic E-state index is -0.467. The van der Waals surface area contributed by atoms with Crippen molar-refractivity contribution in [2.75, 3.05) is 13.1 Å². The van der Waals surface area contributed by atoms with Crippen LogP contribution in [0.4, 0.5) is 4.79 Å². The summed E-state index contributed by atoms with van der Waals surface area (Å²) in [5, 5.41) is 5.43. The molecular weight excluding hydrogens is 372 g/mol. The first-order valence-corrected chi connectivity index (χ1v) is 11.5. The lowest BCUT2D eigenvalue weighted by Gasteiger charge is -2.33. The molecule has 1 aliphatic heterocycles. The number of ether oxygens (including phenoxy) is 1. The number of rotatable bonds is 5. The molecule has 1 saturated carbocycles. The molecule has 1 aliphatic carbocycles. The highest BCUT2D eigenvalue weighted by atomic mass is 32.1. The van der Waals surface area contributed by atoms with E-state index in [0.717, 1.165) is 12.8 Å². The molecule has 2 heterocycles. The molecule has 0 bridgehead atoms. The Morgan fingerprint density at radius 1 is 1.21 bits per heavy atom. The Labute approximate surface area is 172 Å². The molecule has 3 rings (SSSR count). The molecule has 1 unspecified atom stereocenters. The number of likely N-dealkylation sites (tertiary alicyclic amines) is 1. The molecule has 0 aromatic carbocycles. The van der Waals surface area contributed by atoms with E-state index in [1.807, 2.05) is 20.8 Å². The first-order chi connectivity index (χ1) is 13.3. The van der Waals surface area contributed by atoms with Crippen LogP contribution in [0.1, 0.15) is 76.6 Å². The van der Waals surface area contributed by atoms with Gasteiger partial charge in [0.1, 0.15) is 5.60 Å². The number of nitrogens with zero attached hydrogens (tertiary/aromatic N) is 1. The van der Waals surface area contributed by atoms with E-state index in [-0.39, 0.29) is 18.0 Å². The first kappa shape index (κ1) is 21.2. The fourth-order valence-electron chi connectivity index (χ4n) is 4.32. The number of piperidine rings is 1. The highest BCUT2D eigenvalue weighted by Gasteiger charge is 2.31. The number of carbonyl (C=O) groups is 2. The van der Waals surface area contributed by atoms with Crippen LogP contribution in [0, 0.1) is 11.8 Å². The number of carbonyl (C=O) groups excluding carboxylic acids is 2. The van der Waals surface area contributed by atoms with Gasteiger partial charge in [0.15, 0.2) is 0 Å². The highest BCUT2D eigenvalue weighted by molar-refractivity contribution is 7.10. The van der Waals surface area contributed by atoms with Crippen LogP contribution in [0.25, 0.3) is 0 Å². The van der Waals surface area contributed by atoms with Crippen LogP contribution in [-0.4, -0.2) is 35.6 Å². The Bertz CT molecular complexity index is 639. The number of hydrogen-bond acceptors (Lipinski definition) is 4. The van der Waals surface area contributed by atoms with Gasteiger partial charge in [-0.05, 0) is 69.7 Å². The van der Waals surface area contributed by atoms with Crippen molar-refractivity contribution in [2.45, 2.75) is 77.4 Å². The molecule has 5 nitrogen and oxygen atoms in total. The van der Waals surface area contributed by atoms with Crippen LogP contribution in [0.15, 0.2) is 17.5 Å². The summed E-state index contributed by atoms with van der Waals surface area (Å²) in [7, 11) is 0. The van der Waals surface area contributed by atoms with E-state index in [0.29, 0.717) is 31.3 Å². The topological polar surface area (TPSA) is 58.6 Å². The zero-order valence-electron chi connectivity index (χ0n) is 17.4. The van der Waals surface area contributed by atoms with Crippen LogP contribution < -0.4 is 5.32 Å². The third-order valence-corrected chi connectivity index (χ3v) is 6.73. The van der Waals surface area contributed by atoms with E-state index in [4.69, 9.17) is 4.74 Å². The predicted octanol–water partition coefficient (Wildman–Crippen LogP) is 5.13. The molecule has 0 spiro atoms. The van der Waals surface area contributed by atoms with Gasteiger partial charge in [0.25, 0.3) is 0 Å². The number of nitrogens with one attached hydrogen (secondary N) is 1. The molecular formula is C22H34N2O3S. The van der Waals surface area contributed by atoms with Crippen LogP contribution in [-0.2, 0) is 9.53 Å². The summed E-state index contributed by atoms with van der Waals surface area (Å²) in [6.45, 7) is 7.00. The average Bonchev–Trinajstić information content (AvgIpc) is 3.33. The standard InChI is InChI=1S/C22H34N2O3S/c1-22(2,3)27-21(26)24-12-10-16(11-13-24)15-19(25)23-20(17-7-4-5-8-17)18-9-6-14-28-18/h6,9,14,16-17,20H,4-5,7-8,10-13,15H2,1-3H3,(H,23,25). The van der Waals surface area contributed by atoms with Crippen molar-refractivity contribution in [3.8, 4) is 0 Å². The van der Waals surface area contributed by atoms with E-state index in [1.54, 1.807) is 16.2 Å². The SMILES string of the molecule is CC(C)(C)OC(=O)N1CCC(CC(=O)NC(c2cccs2)C2CCCC2)CC1. The average molecular weight is 407 g/mol. The maximum atomic E-state index is 12.8. The van der Waals surface area contributed by atoms with E-state index in [9.17, 15) is 9.59 Å². The Morgan fingerprint density at radius 2 is 1.89 bits per heavy atom. The molecule has 1 aromatic rings. The summed E-state index contributed by atoms with van der Waals surface area (Å²) in [5.41, 5.74) is -0.467. The van der Waals surface area contributed by atoms with Gasteiger partial charge in [0.05, 0.1) is 6.04 Å². The minimum Gasteiger partial charge on any atom is -0.444 e. The van der Waals surface area contributed by atoms with Crippen LogP contribution in [0.2, 0.25) is 0 Å². The van der Waals surface area contributed by atoms with Crippen molar-refractivity contribution in [3.05, 3.63) is 22.4 Å². The van der Waals surface area contributed by atoms with Gasteiger partial charge in [-0.15, -0.1) is 11.3 Å². The second kappa shape index (κ2) is 9.29. The van der Waals surface area contributed by atoms with Gasteiger partial charge in [-0.3, -0.25) is 4.79 Å². The third kappa shape index (κ3) is 5.97. The Hall–Kier alpha value is -1.56. The van der Waals surface area contributed by atoms with E-state index < -0.39 is 5.60 Å². The quantitative estimate of drug-likeness (QED) is 0.737. The molecule has 156 valence electrons. The summed E-state index contributed by atoms with van der Waals surface area (Å²) in [6, 6.07) is 4.38. The maximum absolute atomic E-state index is 12.8. The van der Waals surface area contributed by atoms with Gasteiger partial charge in [0.2, 0.25) is 5.91 Å². The molecule has 1 aromatic heterocycles. The van der Waals surface area contributed by atoms with E-state index in [1.165, 1.54) is 30.6 Å². The number of thiophene rings is 1. The van der Waals surface area contributed by atoms with Crippen LogP contribution in [0.5, 0.6) is 0 Å². The summed E-state index contributed by atoms with van der Waals surface area (Å²) in [4.78, 5) is 28.0. The Morgan fingerprint density at radius 3 is 2.46 bits per heavy atom. The largest absolute Gasteiger partial charge is 0.444 e. The van der Waals surface area contributed by atoms with Gasteiger partial charge >= 0.3 is 6.09 Å². The maximum Gasteiger partial charge on any atom is 0.410 e.